The van der Waals surface area contributed by atoms with Crippen molar-refractivity contribution < 1.29 is 14.5 Å². The number of hydrogen-bond donors (Lipinski definition) is 1. The number of aromatic nitrogens is 1. The van der Waals surface area contributed by atoms with Crippen LogP contribution < -0.4 is 10.1 Å². The Morgan fingerprint density at radius 1 is 1.23 bits per heavy atom. The van der Waals surface area contributed by atoms with Gasteiger partial charge in [0.25, 0.3) is 5.91 Å². The molecular weight excluding hydrogens is 354 g/mol. The van der Waals surface area contributed by atoms with E-state index in [0.717, 1.165) is 16.8 Å². The van der Waals surface area contributed by atoms with Crippen LogP contribution in [0.1, 0.15) is 5.56 Å². The van der Waals surface area contributed by atoms with E-state index in [1.165, 1.54) is 29.5 Å². The number of anilines is 1. The highest BCUT2D eigenvalue weighted by Gasteiger charge is 2.15. The fourth-order valence-corrected chi connectivity index (χ4v) is 3.07. The van der Waals surface area contributed by atoms with Crippen LogP contribution in [0, 0.1) is 17.0 Å². The lowest BCUT2D eigenvalue weighted by Crippen LogP contribution is -2.20. The van der Waals surface area contributed by atoms with Crippen LogP contribution in [0.2, 0.25) is 0 Å². The molecular formula is C18H15N3O4S. The Hall–Kier alpha value is -3.26. The molecule has 0 atom stereocenters. The normalized spacial score (nSPS) is 10.3. The maximum absolute atomic E-state index is 12.0. The summed E-state index contributed by atoms with van der Waals surface area (Å²) in [6.45, 7) is 1.65. The largest absolute Gasteiger partial charge is 0.477 e. The van der Waals surface area contributed by atoms with Crippen molar-refractivity contribution in [2.75, 3.05) is 11.9 Å². The molecule has 0 unspecified atom stereocenters. The van der Waals surface area contributed by atoms with Crippen LogP contribution in [0.25, 0.3) is 11.3 Å². The number of amides is 1. The van der Waals surface area contributed by atoms with E-state index >= 15 is 0 Å². The van der Waals surface area contributed by atoms with Gasteiger partial charge in [-0.05, 0) is 18.6 Å². The van der Waals surface area contributed by atoms with Crippen molar-refractivity contribution in [3.05, 3.63) is 69.6 Å². The van der Waals surface area contributed by atoms with Gasteiger partial charge in [0, 0.05) is 17.0 Å². The van der Waals surface area contributed by atoms with Crippen molar-refractivity contribution in [1.82, 2.24) is 4.98 Å². The molecule has 8 heteroatoms. The van der Waals surface area contributed by atoms with Crippen molar-refractivity contribution in [3.63, 3.8) is 0 Å². The second-order valence-corrected chi connectivity index (χ2v) is 6.27. The van der Waals surface area contributed by atoms with Crippen molar-refractivity contribution >= 4 is 28.1 Å². The van der Waals surface area contributed by atoms with E-state index in [4.69, 9.17) is 4.74 Å². The van der Waals surface area contributed by atoms with Crippen molar-refractivity contribution in [1.29, 1.82) is 0 Å². The number of nitro benzene ring substituents is 1. The number of thiazole rings is 1. The zero-order chi connectivity index (χ0) is 18.5. The fourth-order valence-electron chi connectivity index (χ4n) is 2.34. The Labute approximate surface area is 153 Å². The van der Waals surface area contributed by atoms with Crippen LogP contribution in [0.3, 0.4) is 0 Å². The Morgan fingerprint density at radius 3 is 2.73 bits per heavy atom. The van der Waals surface area contributed by atoms with E-state index in [1.54, 1.807) is 6.07 Å². The molecule has 2 aromatic carbocycles. The number of nitrogens with one attached hydrogen (secondary N) is 1. The molecule has 3 aromatic rings. The first kappa shape index (κ1) is 17.6. The molecule has 1 N–H and O–H groups in total. The Bertz CT molecular complexity index is 955. The molecule has 1 aromatic heterocycles. The lowest BCUT2D eigenvalue weighted by Gasteiger charge is -2.06. The number of hydrogen-bond acceptors (Lipinski definition) is 6. The molecule has 0 saturated heterocycles. The topological polar surface area (TPSA) is 94.4 Å². The van der Waals surface area contributed by atoms with Crippen LogP contribution in [0.4, 0.5) is 10.8 Å². The number of aryl methyl sites for hydroxylation is 1. The van der Waals surface area contributed by atoms with Crippen LogP contribution in [0.5, 0.6) is 5.75 Å². The van der Waals surface area contributed by atoms with E-state index in [-0.39, 0.29) is 18.0 Å². The molecule has 1 amide bonds. The number of nitrogens with zero attached hydrogens (tertiary/aromatic N) is 2. The second kappa shape index (κ2) is 7.75. The van der Waals surface area contributed by atoms with Crippen molar-refractivity contribution in [3.8, 4) is 17.0 Å². The number of rotatable bonds is 6. The van der Waals surface area contributed by atoms with Crippen molar-refractivity contribution in [2.24, 2.45) is 0 Å². The summed E-state index contributed by atoms with van der Waals surface area (Å²) in [5.74, 6) is -0.388. The first-order valence-corrected chi connectivity index (χ1v) is 8.60. The van der Waals surface area contributed by atoms with Gasteiger partial charge in [0.2, 0.25) is 0 Å². The zero-order valence-electron chi connectivity index (χ0n) is 13.8. The number of carbonyl (C=O) groups is 1. The lowest BCUT2D eigenvalue weighted by molar-refractivity contribution is -0.385. The second-order valence-electron chi connectivity index (χ2n) is 5.41. The average molecular weight is 369 g/mol. The third-order valence-electron chi connectivity index (χ3n) is 3.59. The van der Waals surface area contributed by atoms with Crippen LogP contribution >= 0.6 is 11.3 Å². The lowest BCUT2D eigenvalue weighted by atomic mass is 10.1. The predicted molar refractivity (Wildman–Crippen MR) is 99.5 cm³/mol. The number of nitro groups is 1. The minimum atomic E-state index is -0.553. The molecule has 0 aliphatic heterocycles. The average Bonchev–Trinajstić information content (AvgIpc) is 3.08. The highest BCUT2D eigenvalue weighted by molar-refractivity contribution is 7.14. The van der Waals surface area contributed by atoms with E-state index in [9.17, 15) is 14.9 Å². The monoisotopic (exact) mass is 369 g/mol. The summed E-state index contributed by atoms with van der Waals surface area (Å²) in [6.07, 6.45) is 0. The predicted octanol–water partition coefficient (Wildman–Crippen LogP) is 4.04. The zero-order valence-corrected chi connectivity index (χ0v) is 14.7. The molecule has 26 heavy (non-hydrogen) atoms. The highest BCUT2D eigenvalue weighted by Crippen LogP contribution is 2.28. The molecule has 0 bridgehead atoms. The maximum Gasteiger partial charge on any atom is 0.310 e. The quantitative estimate of drug-likeness (QED) is 0.523. The molecule has 3 rings (SSSR count). The number of ether oxygens (including phenoxy) is 1. The smallest absolute Gasteiger partial charge is 0.310 e. The Morgan fingerprint density at radius 2 is 1.96 bits per heavy atom. The minimum absolute atomic E-state index is 0.0485. The van der Waals surface area contributed by atoms with Crippen LogP contribution in [-0.2, 0) is 4.79 Å². The first-order valence-electron chi connectivity index (χ1n) is 7.72. The summed E-state index contributed by atoms with van der Waals surface area (Å²) in [4.78, 5) is 26.8. The summed E-state index contributed by atoms with van der Waals surface area (Å²) in [6, 6.07) is 13.8. The van der Waals surface area contributed by atoms with Crippen molar-refractivity contribution in [2.45, 2.75) is 6.92 Å². The van der Waals surface area contributed by atoms with Gasteiger partial charge < -0.3 is 4.74 Å². The molecule has 132 valence electrons. The van der Waals surface area contributed by atoms with Crippen LogP contribution in [0.15, 0.2) is 53.9 Å². The molecule has 0 fully saturated rings. The van der Waals surface area contributed by atoms with Gasteiger partial charge in [-0.2, -0.15) is 0 Å². The number of benzene rings is 2. The van der Waals surface area contributed by atoms with E-state index in [2.05, 4.69) is 10.3 Å². The molecule has 0 aliphatic carbocycles. The summed E-state index contributed by atoms with van der Waals surface area (Å²) in [5, 5.41) is 15.9. The van der Waals surface area contributed by atoms with Crippen LogP contribution in [-0.4, -0.2) is 22.4 Å². The third-order valence-corrected chi connectivity index (χ3v) is 4.35. The van der Waals surface area contributed by atoms with Gasteiger partial charge in [-0.25, -0.2) is 4.98 Å². The number of carbonyl (C=O) groups excluding carboxylic acids is 1. The van der Waals surface area contributed by atoms with Gasteiger partial charge >= 0.3 is 5.69 Å². The summed E-state index contributed by atoms with van der Waals surface area (Å²) >= 11 is 1.30. The summed E-state index contributed by atoms with van der Waals surface area (Å²) < 4.78 is 5.27. The van der Waals surface area contributed by atoms with E-state index in [0.29, 0.717) is 5.13 Å². The molecule has 1 heterocycles. The summed E-state index contributed by atoms with van der Waals surface area (Å²) in [5.41, 5.74) is 2.69. The number of para-hydroxylation sites is 2. The Kier molecular flexibility index (Phi) is 5.23. The molecule has 0 spiro atoms. The standard InChI is InChI=1S/C18H15N3O4S/c1-12-6-2-3-7-13(12)14-11-26-18(19-14)20-17(22)10-25-16-9-5-4-8-15(16)21(23)24/h2-9,11H,10H2,1H3,(H,19,20,22). The molecule has 7 nitrogen and oxygen atoms in total. The SMILES string of the molecule is Cc1ccccc1-c1csc(NC(=O)COc2ccccc2[N+](=O)[O-])n1. The van der Waals surface area contributed by atoms with Gasteiger partial charge in [0.15, 0.2) is 17.5 Å². The van der Waals surface area contributed by atoms with Gasteiger partial charge in [-0.3, -0.25) is 20.2 Å². The molecule has 0 radical (unpaired) electrons. The van der Waals surface area contributed by atoms with E-state index in [1.807, 2.05) is 36.6 Å². The molecule has 0 aliphatic rings. The first-order chi connectivity index (χ1) is 12.5. The third kappa shape index (κ3) is 4.04. The van der Waals surface area contributed by atoms with Gasteiger partial charge in [-0.15, -0.1) is 11.3 Å². The van der Waals surface area contributed by atoms with E-state index < -0.39 is 10.8 Å². The highest BCUT2D eigenvalue weighted by atomic mass is 32.1. The van der Waals surface area contributed by atoms with Gasteiger partial charge in [0.1, 0.15) is 0 Å². The maximum atomic E-state index is 12.0. The Balaban J connectivity index is 1.63. The molecule has 0 saturated carbocycles. The summed E-state index contributed by atoms with van der Waals surface area (Å²) in [7, 11) is 0. The van der Waals surface area contributed by atoms with Gasteiger partial charge in [-0.1, -0.05) is 36.4 Å². The minimum Gasteiger partial charge on any atom is -0.477 e. The fraction of sp³-hybridized carbons (Fsp3) is 0.111. The van der Waals surface area contributed by atoms with Gasteiger partial charge in [0.05, 0.1) is 10.6 Å².